The van der Waals surface area contributed by atoms with Crippen molar-refractivity contribution in [3.8, 4) is 6.07 Å². The van der Waals surface area contributed by atoms with Gasteiger partial charge in [0.15, 0.2) is 0 Å². The third-order valence-corrected chi connectivity index (χ3v) is 5.16. The summed E-state index contributed by atoms with van der Waals surface area (Å²) in [5, 5.41) is 12.3. The van der Waals surface area contributed by atoms with Crippen LogP contribution in [0.4, 0.5) is 24.7 Å². The number of aromatic nitrogens is 2. The van der Waals surface area contributed by atoms with Gasteiger partial charge in [0.1, 0.15) is 11.6 Å². The summed E-state index contributed by atoms with van der Waals surface area (Å²) in [6, 6.07) is 7.35. The number of alkyl halides is 3. The van der Waals surface area contributed by atoms with E-state index >= 15 is 0 Å². The number of hydrogen-bond donors (Lipinski definition) is 1. The Kier molecular flexibility index (Phi) is 4.84. The van der Waals surface area contributed by atoms with Crippen molar-refractivity contribution in [3.63, 3.8) is 0 Å². The van der Waals surface area contributed by atoms with Crippen LogP contribution < -0.4 is 10.2 Å². The highest BCUT2D eigenvalue weighted by molar-refractivity contribution is 5.58. The highest BCUT2D eigenvalue weighted by atomic mass is 19.4. The van der Waals surface area contributed by atoms with Gasteiger partial charge in [-0.2, -0.15) is 18.4 Å². The van der Waals surface area contributed by atoms with Gasteiger partial charge in [-0.05, 0) is 49.9 Å². The van der Waals surface area contributed by atoms with Gasteiger partial charge in [0.05, 0.1) is 17.2 Å². The first kappa shape index (κ1) is 18.5. The van der Waals surface area contributed by atoms with Crippen LogP contribution in [0.15, 0.2) is 30.5 Å². The van der Waals surface area contributed by atoms with Gasteiger partial charge >= 0.3 is 6.18 Å². The van der Waals surface area contributed by atoms with Crippen LogP contribution >= 0.6 is 0 Å². The van der Waals surface area contributed by atoms with Gasteiger partial charge in [0, 0.05) is 36.9 Å². The monoisotopic (exact) mass is 387 g/mol. The minimum absolute atomic E-state index is 0.00701. The SMILES string of the molecule is N#Cc1ccc(N2CCCC(Nc3ccnc(C4CC4)n3)C2)c(C(F)(F)F)c1. The Labute approximate surface area is 161 Å². The van der Waals surface area contributed by atoms with Crippen molar-refractivity contribution in [2.45, 2.75) is 43.8 Å². The average Bonchev–Trinajstić information content (AvgIpc) is 3.53. The van der Waals surface area contributed by atoms with Crippen molar-refractivity contribution in [2.24, 2.45) is 0 Å². The molecular formula is C20H20F3N5. The fraction of sp³-hybridized carbons (Fsp3) is 0.450. The third kappa shape index (κ3) is 4.03. The predicted octanol–water partition coefficient (Wildman–Crippen LogP) is 4.33. The molecule has 1 saturated carbocycles. The molecule has 2 heterocycles. The second-order valence-electron chi connectivity index (χ2n) is 7.35. The van der Waals surface area contributed by atoms with E-state index in [0.717, 1.165) is 43.4 Å². The molecule has 0 radical (unpaired) electrons. The molecule has 1 saturated heterocycles. The summed E-state index contributed by atoms with van der Waals surface area (Å²) < 4.78 is 40.6. The molecule has 1 atom stereocenters. The van der Waals surface area contributed by atoms with Gasteiger partial charge in [-0.3, -0.25) is 0 Å². The number of benzene rings is 1. The summed E-state index contributed by atoms with van der Waals surface area (Å²) in [7, 11) is 0. The maximum Gasteiger partial charge on any atom is 0.418 e. The van der Waals surface area contributed by atoms with Crippen molar-refractivity contribution < 1.29 is 13.2 Å². The zero-order valence-corrected chi connectivity index (χ0v) is 15.2. The van der Waals surface area contributed by atoms with Crippen molar-refractivity contribution in [2.75, 3.05) is 23.3 Å². The van der Waals surface area contributed by atoms with Crippen molar-refractivity contribution in [1.29, 1.82) is 5.26 Å². The van der Waals surface area contributed by atoms with Crippen molar-refractivity contribution in [3.05, 3.63) is 47.4 Å². The van der Waals surface area contributed by atoms with E-state index in [1.165, 1.54) is 12.1 Å². The molecule has 2 aliphatic rings. The standard InChI is InChI=1S/C20H20F3N5/c21-20(22,23)16-10-13(11-24)3-6-17(16)28-9-1-2-15(12-28)26-18-7-8-25-19(27-18)14-4-5-14/h3,6-8,10,14-15H,1-2,4-5,9,12H2,(H,25,26,27). The summed E-state index contributed by atoms with van der Waals surface area (Å²) in [4.78, 5) is 10.6. The van der Waals surface area contributed by atoms with Gasteiger partial charge < -0.3 is 10.2 Å². The van der Waals surface area contributed by atoms with E-state index in [9.17, 15) is 13.2 Å². The van der Waals surface area contributed by atoms with Crippen LogP contribution in [-0.4, -0.2) is 29.1 Å². The largest absolute Gasteiger partial charge is 0.418 e. The Morgan fingerprint density at radius 1 is 1.18 bits per heavy atom. The van der Waals surface area contributed by atoms with Crippen LogP contribution in [0.25, 0.3) is 0 Å². The number of piperidine rings is 1. The first-order valence-electron chi connectivity index (χ1n) is 9.40. The predicted molar refractivity (Wildman–Crippen MR) is 99.0 cm³/mol. The molecule has 4 rings (SSSR count). The fourth-order valence-corrected chi connectivity index (χ4v) is 3.62. The van der Waals surface area contributed by atoms with Crippen LogP contribution in [0.1, 0.15) is 48.6 Å². The fourth-order valence-electron chi connectivity index (χ4n) is 3.62. The number of hydrogen-bond acceptors (Lipinski definition) is 5. The van der Waals surface area contributed by atoms with Crippen molar-refractivity contribution in [1.82, 2.24) is 9.97 Å². The third-order valence-electron chi connectivity index (χ3n) is 5.16. The van der Waals surface area contributed by atoms with Crippen molar-refractivity contribution >= 4 is 11.5 Å². The van der Waals surface area contributed by atoms with Crippen LogP contribution in [0.3, 0.4) is 0 Å². The van der Waals surface area contributed by atoms with Gasteiger partial charge in [-0.15, -0.1) is 0 Å². The molecule has 28 heavy (non-hydrogen) atoms. The number of anilines is 2. The number of nitriles is 1. The summed E-state index contributed by atoms with van der Waals surface area (Å²) >= 11 is 0. The van der Waals surface area contributed by atoms with Crippen LogP contribution in [0.5, 0.6) is 0 Å². The molecule has 1 N–H and O–H groups in total. The molecule has 0 bridgehead atoms. The van der Waals surface area contributed by atoms with Gasteiger partial charge in [-0.1, -0.05) is 0 Å². The van der Waals surface area contributed by atoms with E-state index in [-0.39, 0.29) is 17.3 Å². The highest BCUT2D eigenvalue weighted by Gasteiger charge is 2.36. The molecule has 1 aromatic carbocycles. The molecule has 8 heteroatoms. The van der Waals surface area contributed by atoms with E-state index in [0.29, 0.717) is 19.0 Å². The zero-order valence-electron chi connectivity index (χ0n) is 15.2. The lowest BCUT2D eigenvalue weighted by Gasteiger charge is -2.36. The molecule has 146 valence electrons. The maximum atomic E-state index is 13.5. The Morgan fingerprint density at radius 2 is 2.00 bits per heavy atom. The zero-order chi connectivity index (χ0) is 19.7. The first-order chi connectivity index (χ1) is 13.4. The smallest absolute Gasteiger partial charge is 0.369 e. The number of rotatable bonds is 4. The first-order valence-corrected chi connectivity index (χ1v) is 9.40. The Hall–Kier alpha value is -2.82. The lowest BCUT2D eigenvalue weighted by Crippen LogP contribution is -2.43. The average molecular weight is 387 g/mol. The summed E-state index contributed by atoms with van der Waals surface area (Å²) in [5.74, 6) is 2.00. The number of halogens is 3. The lowest BCUT2D eigenvalue weighted by molar-refractivity contribution is -0.137. The van der Waals surface area contributed by atoms with Gasteiger partial charge in [-0.25, -0.2) is 9.97 Å². The lowest BCUT2D eigenvalue weighted by atomic mass is 10.0. The Morgan fingerprint density at radius 3 is 2.71 bits per heavy atom. The maximum absolute atomic E-state index is 13.5. The summed E-state index contributed by atoms with van der Waals surface area (Å²) in [5.41, 5.74) is -0.624. The van der Waals surface area contributed by atoms with E-state index in [1.807, 2.05) is 0 Å². The van der Waals surface area contributed by atoms with E-state index < -0.39 is 11.7 Å². The minimum Gasteiger partial charge on any atom is -0.369 e. The van der Waals surface area contributed by atoms with E-state index in [2.05, 4.69) is 15.3 Å². The molecular weight excluding hydrogens is 367 g/mol. The highest BCUT2D eigenvalue weighted by Crippen LogP contribution is 2.39. The summed E-state index contributed by atoms with van der Waals surface area (Å²) in [6.45, 7) is 0.988. The molecule has 1 aliphatic carbocycles. The molecule has 2 aromatic rings. The van der Waals surface area contributed by atoms with E-state index in [1.54, 1.807) is 23.2 Å². The molecule has 5 nitrogen and oxygen atoms in total. The molecule has 2 fully saturated rings. The molecule has 1 aromatic heterocycles. The second-order valence-corrected chi connectivity index (χ2v) is 7.35. The van der Waals surface area contributed by atoms with Crippen LogP contribution in [-0.2, 0) is 6.18 Å². The number of nitrogens with one attached hydrogen (secondary N) is 1. The Balaban J connectivity index is 1.53. The normalized spacial score (nSPS) is 19.9. The van der Waals surface area contributed by atoms with Gasteiger partial charge in [0.2, 0.25) is 0 Å². The molecule has 1 aliphatic heterocycles. The van der Waals surface area contributed by atoms with Gasteiger partial charge in [0.25, 0.3) is 0 Å². The topological polar surface area (TPSA) is 64.8 Å². The minimum atomic E-state index is -4.51. The molecule has 1 unspecified atom stereocenters. The van der Waals surface area contributed by atoms with Crippen LogP contribution in [0.2, 0.25) is 0 Å². The quantitative estimate of drug-likeness (QED) is 0.846. The van der Waals surface area contributed by atoms with E-state index in [4.69, 9.17) is 5.26 Å². The second kappa shape index (κ2) is 7.30. The summed E-state index contributed by atoms with van der Waals surface area (Å²) in [6.07, 6.45) is 1.08. The molecule has 0 spiro atoms. The molecule has 0 amide bonds. The number of nitrogens with zero attached hydrogens (tertiary/aromatic N) is 4. The Bertz CT molecular complexity index is 901. The van der Waals surface area contributed by atoms with Crippen LogP contribution in [0, 0.1) is 11.3 Å².